The molecule has 1 aliphatic carbocycles. The lowest BCUT2D eigenvalue weighted by molar-refractivity contribution is -0.137. The Morgan fingerprint density at radius 2 is 1.72 bits per heavy atom. The smallest absolute Gasteiger partial charge is 0.354 e. The zero-order valence-electron chi connectivity index (χ0n) is 19.5. The topological polar surface area (TPSA) is 74.0 Å². The third-order valence-corrected chi connectivity index (χ3v) is 6.45. The maximum Gasteiger partial charge on any atom is 0.416 e. The lowest BCUT2D eigenvalue weighted by Gasteiger charge is -2.11. The van der Waals surface area contributed by atoms with E-state index in [9.17, 15) is 22.8 Å². The Balaban J connectivity index is 1.37. The minimum atomic E-state index is -4.43. The standard InChI is InChI=1S/C28H24F3N3O2/c1-32-27(36)25-14-23-22(12-20(17-5-6-17)13-24(23)34-25)18-7-9-19(10-8-18)26(35)33-15-16-3-2-4-21(11-16)28(29,30)31/h2-4,7-14,17,34H,5-6,15H2,1H3,(H,32,36)(H,33,35). The summed E-state index contributed by atoms with van der Waals surface area (Å²) < 4.78 is 38.8. The zero-order valence-corrected chi connectivity index (χ0v) is 19.5. The quantitative estimate of drug-likeness (QED) is 0.309. The van der Waals surface area contributed by atoms with Gasteiger partial charge < -0.3 is 15.6 Å². The van der Waals surface area contributed by atoms with Gasteiger partial charge in [-0.3, -0.25) is 9.59 Å². The van der Waals surface area contributed by atoms with E-state index in [0.717, 1.165) is 47.0 Å². The van der Waals surface area contributed by atoms with Crippen LogP contribution in [-0.4, -0.2) is 23.8 Å². The van der Waals surface area contributed by atoms with Gasteiger partial charge in [0.15, 0.2) is 0 Å². The number of hydrogen-bond acceptors (Lipinski definition) is 2. The van der Waals surface area contributed by atoms with Crippen LogP contribution in [0.15, 0.2) is 66.7 Å². The third kappa shape index (κ3) is 4.84. The van der Waals surface area contributed by atoms with E-state index in [1.54, 1.807) is 25.2 Å². The molecule has 5 nitrogen and oxygen atoms in total. The first-order valence-electron chi connectivity index (χ1n) is 11.7. The van der Waals surface area contributed by atoms with Gasteiger partial charge >= 0.3 is 6.18 Å². The molecule has 1 fully saturated rings. The summed E-state index contributed by atoms with van der Waals surface area (Å²) in [4.78, 5) is 28.0. The van der Waals surface area contributed by atoms with E-state index in [0.29, 0.717) is 22.7 Å². The van der Waals surface area contributed by atoms with Crippen LogP contribution in [0.5, 0.6) is 0 Å². The number of aromatic nitrogens is 1. The summed E-state index contributed by atoms with van der Waals surface area (Å²) >= 11 is 0. The number of fused-ring (bicyclic) bond motifs is 1. The van der Waals surface area contributed by atoms with Crippen molar-refractivity contribution in [2.45, 2.75) is 31.5 Å². The van der Waals surface area contributed by atoms with E-state index in [1.807, 2.05) is 18.2 Å². The lowest BCUT2D eigenvalue weighted by Crippen LogP contribution is -2.23. The maximum absolute atomic E-state index is 12.9. The van der Waals surface area contributed by atoms with Gasteiger partial charge in [0, 0.05) is 30.1 Å². The first-order chi connectivity index (χ1) is 17.2. The van der Waals surface area contributed by atoms with Crippen molar-refractivity contribution in [3.8, 4) is 11.1 Å². The molecule has 3 aromatic carbocycles. The fraction of sp³-hybridized carbons (Fsp3) is 0.214. The number of aromatic amines is 1. The average molecular weight is 492 g/mol. The molecule has 1 aliphatic rings. The molecule has 184 valence electrons. The van der Waals surface area contributed by atoms with E-state index in [4.69, 9.17) is 0 Å². The van der Waals surface area contributed by atoms with E-state index >= 15 is 0 Å². The van der Waals surface area contributed by atoms with Gasteiger partial charge in [-0.2, -0.15) is 13.2 Å². The van der Waals surface area contributed by atoms with E-state index < -0.39 is 11.7 Å². The van der Waals surface area contributed by atoms with Crippen molar-refractivity contribution in [2.75, 3.05) is 7.05 Å². The fourth-order valence-electron chi connectivity index (χ4n) is 4.35. The molecule has 1 aromatic heterocycles. The first-order valence-corrected chi connectivity index (χ1v) is 11.7. The first kappa shape index (κ1) is 23.7. The third-order valence-electron chi connectivity index (χ3n) is 6.45. The van der Waals surface area contributed by atoms with Gasteiger partial charge in [-0.1, -0.05) is 30.3 Å². The highest BCUT2D eigenvalue weighted by atomic mass is 19.4. The largest absolute Gasteiger partial charge is 0.416 e. The molecule has 5 rings (SSSR count). The highest BCUT2D eigenvalue weighted by Gasteiger charge is 2.30. The Kier molecular flexibility index (Phi) is 6.04. The predicted molar refractivity (Wildman–Crippen MR) is 132 cm³/mol. The van der Waals surface area contributed by atoms with Crippen LogP contribution in [0.1, 0.15) is 56.3 Å². The van der Waals surface area contributed by atoms with Crippen LogP contribution in [0, 0.1) is 0 Å². The minimum Gasteiger partial charge on any atom is -0.354 e. The Bertz CT molecular complexity index is 1450. The number of H-pyrrole nitrogens is 1. The number of benzene rings is 3. The minimum absolute atomic E-state index is 0.0137. The number of halogens is 3. The molecule has 3 N–H and O–H groups in total. The molecule has 0 bridgehead atoms. The molecule has 36 heavy (non-hydrogen) atoms. The van der Waals surface area contributed by atoms with Crippen LogP contribution in [0.2, 0.25) is 0 Å². The monoisotopic (exact) mass is 491 g/mol. The molecule has 2 amide bonds. The number of carbonyl (C=O) groups excluding carboxylic acids is 2. The molecule has 1 saturated carbocycles. The number of hydrogen-bond donors (Lipinski definition) is 3. The van der Waals surface area contributed by atoms with Crippen LogP contribution in [0.3, 0.4) is 0 Å². The number of rotatable bonds is 6. The molecular formula is C28H24F3N3O2. The van der Waals surface area contributed by atoms with Crippen LogP contribution in [-0.2, 0) is 12.7 Å². The summed E-state index contributed by atoms with van der Waals surface area (Å²) in [7, 11) is 1.58. The van der Waals surface area contributed by atoms with Gasteiger partial charge in [0.2, 0.25) is 0 Å². The van der Waals surface area contributed by atoms with Gasteiger partial charge in [0.25, 0.3) is 11.8 Å². The predicted octanol–water partition coefficient (Wildman–Crippen LogP) is 6.02. The highest BCUT2D eigenvalue weighted by Crippen LogP contribution is 2.43. The van der Waals surface area contributed by atoms with E-state index in [2.05, 4.69) is 27.8 Å². The molecule has 0 radical (unpaired) electrons. The number of carbonyl (C=O) groups is 2. The Labute approximate surface area is 205 Å². The van der Waals surface area contributed by atoms with Crippen molar-refractivity contribution in [1.82, 2.24) is 15.6 Å². The molecule has 0 unspecified atom stereocenters. The molecular weight excluding hydrogens is 467 g/mol. The molecule has 4 aromatic rings. The maximum atomic E-state index is 12.9. The van der Waals surface area contributed by atoms with E-state index in [-0.39, 0.29) is 18.4 Å². The highest BCUT2D eigenvalue weighted by molar-refractivity contribution is 6.03. The van der Waals surface area contributed by atoms with Crippen molar-refractivity contribution in [1.29, 1.82) is 0 Å². The molecule has 0 spiro atoms. The molecule has 0 aliphatic heterocycles. The van der Waals surface area contributed by atoms with Crippen LogP contribution in [0.4, 0.5) is 13.2 Å². The summed E-state index contributed by atoms with van der Waals surface area (Å²) in [6.07, 6.45) is -2.16. The molecule has 0 atom stereocenters. The number of alkyl halides is 3. The normalized spacial score (nSPS) is 13.6. The summed E-state index contributed by atoms with van der Waals surface area (Å²) in [6, 6.07) is 18.0. The van der Waals surface area contributed by atoms with Crippen LogP contribution in [0.25, 0.3) is 22.0 Å². The van der Waals surface area contributed by atoms with Gasteiger partial charge in [0.1, 0.15) is 5.69 Å². The van der Waals surface area contributed by atoms with Gasteiger partial charge in [-0.05, 0) is 77.4 Å². The summed E-state index contributed by atoms with van der Waals surface area (Å²) in [6.45, 7) is -0.0137. The van der Waals surface area contributed by atoms with Crippen molar-refractivity contribution in [2.24, 2.45) is 0 Å². The lowest BCUT2D eigenvalue weighted by atomic mass is 9.96. The zero-order chi connectivity index (χ0) is 25.4. The van der Waals surface area contributed by atoms with Crippen molar-refractivity contribution in [3.63, 3.8) is 0 Å². The summed E-state index contributed by atoms with van der Waals surface area (Å²) in [5.41, 5.74) is 4.47. The van der Waals surface area contributed by atoms with Gasteiger partial charge in [0.05, 0.1) is 5.56 Å². The van der Waals surface area contributed by atoms with E-state index in [1.165, 1.54) is 11.6 Å². The van der Waals surface area contributed by atoms with Gasteiger partial charge in [-0.25, -0.2) is 0 Å². The van der Waals surface area contributed by atoms with Crippen molar-refractivity contribution < 1.29 is 22.8 Å². The fourth-order valence-corrected chi connectivity index (χ4v) is 4.35. The van der Waals surface area contributed by atoms with Gasteiger partial charge in [-0.15, -0.1) is 0 Å². The number of amides is 2. The Hall–Kier alpha value is -4.07. The summed E-state index contributed by atoms with van der Waals surface area (Å²) in [5, 5.41) is 6.23. The Morgan fingerprint density at radius 3 is 2.39 bits per heavy atom. The second-order valence-corrected chi connectivity index (χ2v) is 9.02. The summed E-state index contributed by atoms with van der Waals surface area (Å²) in [5.74, 6) is -0.0573. The van der Waals surface area contributed by atoms with Crippen molar-refractivity contribution in [3.05, 3.63) is 94.7 Å². The second kappa shape index (κ2) is 9.18. The molecule has 0 saturated heterocycles. The Morgan fingerprint density at radius 1 is 0.972 bits per heavy atom. The SMILES string of the molecule is CNC(=O)c1cc2c(-c3ccc(C(=O)NCc4cccc(C(F)(F)F)c4)cc3)cc(C3CC3)cc2[nH]1. The molecule has 1 heterocycles. The van der Waals surface area contributed by atoms with Crippen LogP contribution >= 0.6 is 0 Å². The molecule has 8 heteroatoms. The number of nitrogens with one attached hydrogen (secondary N) is 3. The average Bonchev–Trinajstić information content (AvgIpc) is 3.64. The van der Waals surface area contributed by atoms with Crippen LogP contribution < -0.4 is 10.6 Å². The van der Waals surface area contributed by atoms with Crippen molar-refractivity contribution >= 4 is 22.7 Å². The second-order valence-electron chi connectivity index (χ2n) is 9.02.